The molecule has 1 aromatic heterocycles. The number of hydrogen-bond acceptors (Lipinski definition) is 3. The van der Waals surface area contributed by atoms with Gasteiger partial charge >= 0.3 is 0 Å². The van der Waals surface area contributed by atoms with Gasteiger partial charge in [-0.2, -0.15) is 5.10 Å². The van der Waals surface area contributed by atoms with E-state index in [2.05, 4.69) is 47.0 Å². The summed E-state index contributed by atoms with van der Waals surface area (Å²) in [4.78, 5) is 2.53. The van der Waals surface area contributed by atoms with Gasteiger partial charge in [0.2, 0.25) is 0 Å². The van der Waals surface area contributed by atoms with Gasteiger partial charge < -0.3 is 5.32 Å². The fourth-order valence-electron chi connectivity index (χ4n) is 3.29. The van der Waals surface area contributed by atoms with Crippen molar-refractivity contribution >= 4 is 0 Å². The van der Waals surface area contributed by atoms with Crippen LogP contribution in [-0.2, 0) is 6.54 Å². The van der Waals surface area contributed by atoms with Crippen LogP contribution in [0.3, 0.4) is 0 Å². The van der Waals surface area contributed by atoms with Crippen LogP contribution >= 0.6 is 0 Å². The Kier molecular flexibility index (Phi) is 5.40. The molecule has 2 heterocycles. The molecule has 1 aliphatic heterocycles. The molecule has 108 valence electrons. The highest BCUT2D eigenvalue weighted by atomic mass is 15.3. The summed E-state index contributed by atoms with van der Waals surface area (Å²) in [7, 11) is 2.27. The van der Waals surface area contributed by atoms with Crippen molar-refractivity contribution in [3.8, 4) is 0 Å². The molecule has 0 spiro atoms. The van der Waals surface area contributed by atoms with Gasteiger partial charge in [0.1, 0.15) is 0 Å². The second-order valence-electron chi connectivity index (χ2n) is 5.56. The van der Waals surface area contributed by atoms with Gasteiger partial charge in [0.15, 0.2) is 0 Å². The van der Waals surface area contributed by atoms with Gasteiger partial charge in [-0.3, -0.25) is 9.58 Å². The van der Waals surface area contributed by atoms with Crippen molar-refractivity contribution in [2.45, 2.75) is 45.7 Å². The van der Waals surface area contributed by atoms with E-state index in [1.54, 1.807) is 0 Å². The van der Waals surface area contributed by atoms with Crippen molar-refractivity contribution in [3.05, 3.63) is 18.0 Å². The topological polar surface area (TPSA) is 33.1 Å². The first kappa shape index (κ1) is 14.5. The van der Waals surface area contributed by atoms with Crippen LogP contribution in [0, 0.1) is 5.92 Å². The maximum absolute atomic E-state index is 4.46. The van der Waals surface area contributed by atoms with Crippen LogP contribution in [0.15, 0.2) is 12.3 Å². The van der Waals surface area contributed by atoms with Crippen molar-refractivity contribution in [2.75, 3.05) is 26.7 Å². The molecule has 0 radical (unpaired) electrons. The molecule has 0 amide bonds. The predicted octanol–water partition coefficient (Wildman–Crippen LogP) is 2.29. The lowest BCUT2D eigenvalue weighted by atomic mass is 9.92. The van der Waals surface area contributed by atoms with Gasteiger partial charge in [0.05, 0.1) is 11.7 Å². The first-order chi connectivity index (χ1) is 9.27. The number of rotatable bonds is 5. The fraction of sp³-hybridized carbons (Fsp3) is 0.800. The number of aromatic nitrogens is 2. The zero-order chi connectivity index (χ0) is 13.7. The third-order valence-electron chi connectivity index (χ3n) is 4.27. The molecule has 1 aliphatic rings. The van der Waals surface area contributed by atoms with E-state index in [1.165, 1.54) is 31.5 Å². The second-order valence-corrected chi connectivity index (χ2v) is 5.56. The largest absolute Gasteiger partial charge is 0.317 e. The Hall–Kier alpha value is -0.870. The Morgan fingerprint density at radius 3 is 2.95 bits per heavy atom. The molecule has 0 aliphatic carbocycles. The van der Waals surface area contributed by atoms with Gasteiger partial charge in [0, 0.05) is 12.7 Å². The molecule has 1 N–H and O–H groups in total. The van der Waals surface area contributed by atoms with Crippen LogP contribution in [0.4, 0.5) is 0 Å². The summed E-state index contributed by atoms with van der Waals surface area (Å²) in [5, 5.41) is 8.00. The first-order valence-corrected chi connectivity index (χ1v) is 7.70. The van der Waals surface area contributed by atoms with Crippen LogP contribution in [-0.4, -0.2) is 41.4 Å². The van der Waals surface area contributed by atoms with E-state index in [1.807, 2.05) is 6.20 Å². The lowest BCUT2D eigenvalue weighted by Crippen LogP contribution is -2.36. The van der Waals surface area contributed by atoms with Gasteiger partial charge in [-0.15, -0.1) is 0 Å². The third-order valence-corrected chi connectivity index (χ3v) is 4.27. The molecule has 19 heavy (non-hydrogen) atoms. The minimum absolute atomic E-state index is 0.504. The smallest absolute Gasteiger partial charge is 0.0558 e. The average molecular weight is 264 g/mol. The van der Waals surface area contributed by atoms with E-state index >= 15 is 0 Å². The van der Waals surface area contributed by atoms with E-state index in [0.29, 0.717) is 12.0 Å². The monoisotopic (exact) mass is 264 g/mol. The summed E-state index contributed by atoms with van der Waals surface area (Å²) in [6.07, 6.45) is 5.92. The van der Waals surface area contributed by atoms with Crippen molar-refractivity contribution in [1.29, 1.82) is 0 Å². The van der Waals surface area contributed by atoms with Gasteiger partial charge in [0.25, 0.3) is 0 Å². The van der Waals surface area contributed by atoms with Crippen LogP contribution in [0.25, 0.3) is 0 Å². The Morgan fingerprint density at radius 2 is 2.21 bits per heavy atom. The fourth-order valence-corrected chi connectivity index (χ4v) is 3.29. The summed E-state index contributed by atoms with van der Waals surface area (Å²) in [5.74, 6) is 0.689. The summed E-state index contributed by atoms with van der Waals surface area (Å²) < 4.78 is 2.16. The number of nitrogens with one attached hydrogen (secondary N) is 1. The maximum Gasteiger partial charge on any atom is 0.0558 e. The molecule has 1 saturated heterocycles. The minimum atomic E-state index is 0.504. The van der Waals surface area contributed by atoms with Crippen LogP contribution in [0.1, 0.15) is 44.8 Å². The van der Waals surface area contributed by atoms with Crippen molar-refractivity contribution < 1.29 is 0 Å². The maximum atomic E-state index is 4.46. The molecule has 1 aromatic rings. The SMILES string of the molecule is CCNCC1CCCCN(C)C1c1ccnn1CC. The molecule has 4 heteroatoms. The summed E-state index contributed by atoms with van der Waals surface area (Å²) in [6, 6.07) is 2.71. The third kappa shape index (κ3) is 3.37. The molecule has 2 rings (SSSR count). The highest BCUT2D eigenvalue weighted by Gasteiger charge is 2.30. The highest BCUT2D eigenvalue weighted by molar-refractivity contribution is 5.10. The van der Waals surface area contributed by atoms with E-state index in [-0.39, 0.29) is 0 Å². The molecule has 2 unspecified atom stereocenters. The number of likely N-dealkylation sites (tertiary alicyclic amines) is 1. The van der Waals surface area contributed by atoms with E-state index in [4.69, 9.17) is 0 Å². The van der Waals surface area contributed by atoms with Gasteiger partial charge in [-0.05, 0) is 58.4 Å². The second kappa shape index (κ2) is 7.06. The Bertz CT molecular complexity index is 374. The van der Waals surface area contributed by atoms with Gasteiger partial charge in [-0.1, -0.05) is 13.3 Å². The molecule has 0 saturated carbocycles. The number of nitrogens with zero attached hydrogens (tertiary/aromatic N) is 3. The molecule has 0 aromatic carbocycles. The summed E-state index contributed by atoms with van der Waals surface area (Å²) >= 11 is 0. The lowest BCUT2D eigenvalue weighted by Gasteiger charge is -2.33. The number of aryl methyl sites for hydroxylation is 1. The van der Waals surface area contributed by atoms with Gasteiger partial charge in [-0.25, -0.2) is 0 Å². The lowest BCUT2D eigenvalue weighted by molar-refractivity contribution is 0.179. The minimum Gasteiger partial charge on any atom is -0.317 e. The normalized spacial score (nSPS) is 25.4. The molecular weight excluding hydrogens is 236 g/mol. The standard InChI is InChI=1S/C15H28N4/c1-4-16-12-13-8-6-7-11-18(3)15(13)14-9-10-17-19(14)5-2/h9-10,13,15-16H,4-8,11-12H2,1-3H3. The molecule has 1 fully saturated rings. The molecule has 2 atom stereocenters. The predicted molar refractivity (Wildman–Crippen MR) is 79.2 cm³/mol. The van der Waals surface area contributed by atoms with Crippen molar-refractivity contribution in [2.24, 2.45) is 5.92 Å². The molecule has 0 bridgehead atoms. The van der Waals surface area contributed by atoms with Crippen LogP contribution < -0.4 is 5.32 Å². The van der Waals surface area contributed by atoms with E-state index in [0.717, 1.165) is 19.6 Å². The van der Waals surface area contributed by atoms with Crippen LogP contribution in [0.2, 0.25) is 0 Å². The van der Waals surface area contributed by atoms with Crippen molar-refractivity contribution in [1.82, 2.24) is 20.0 Å². The van der Waals surface area contributed by atoms with E-state index < -0.39 is 0 Å². The first-order valence-electron chi connectivity index (χ1n) is 7.70. The summed E-state index contributed by atoms with van der Waals surface area (Å²) in [6.45, 7) is 8.68. The Morgan fingerprint density at radius 1 is 1.37 bits per heavy atom. The zero-order valence-corrected chi connectivity index (χ0v) is 12.6. The summed E-state index contributed by atoms with van der Waals surface area (Å²) in [5.41, 5.74) is 1.38. The molecule has 4 nitrogen and oxygen atoms in total. The Labute approximate surface area is 117 Å². The number of hydrogen-bond donors (Lipinski definition) is 1. The van der Waals surface area contributed by atoms with E-state index in [9.17, 15) is 0 Å². The van der Waals surface area contributed by atoms with Crippen molar-refractivity contribution in [3.63, 3.8) is 0 Å². The Balaban J connectivity index is 2.23. The highest BCUT2D eigenvalue weighted by Crippen LogP contribution is 2.33. The van der Waals surface area contributed by atoms with Crippen LogP contribution in [0.5, 0.6) is 0 Å². The molecular formula is C15H28N4. The zero-order valence-electron chi connectivity index (χ0n) is 12.6. The average Bonchev–Trinajstić information content (AvgIpc) is 2.80. The quantitative estimate of drug-likeness (QED) is 0.886.